The van der Waals surface area contributed by atoms with Gasteiger partial charge in [-0.1, -0.05) is 74.7 Å². The van der Waals surface area contributed by atoms with Crippen molar-refractivity contribution in [2.45, 2.75) is 112 Å². The Hall–Kier alpha value is -3.38. The van der Waals surface area contributed by atoms with Crippen LogP contribution in [0.4, 0.5) is 9.59 Å². The fraction of sp³-hybridized carbons (Fsp3) is 0.812. The zero-order valence-electron chi connectivity index (χ0n) is 28.8. The molecule has 1 unspecified atom stereocenters. The van der Waals surface area contributed by atoms with Crippen LogP contribution in [0.3, 0.4) is 0 Å². The van der Waals surface area contributed by atoms with Gasteiger partial charge in [0.25, 0.3) is 5.91 Å². The fourth-order valence-electron chi connectivity index (χ4n) is 5.76. The van der Waals surface area contributed by atoms with E-state index in [9.17, 15) is 28.8 Å². The molecule has 6 amide bonds. The molecule has 5 N–H and O–H groups in total. The van der Waals surface area contributed by atoms with Crippen molar-refractivity contribution in [2.24, 2.45) is 34.3 Å². The first kappa shape index (κ1) is 37.8. The summed E-state index contributed by atoms with van der Waals surface area (Å²) < 4.78 is 5.34. The van der Waals surface area contributed by atoms with Gasteiger partial charge >= 0.3 is 12.1 Å². The maximum atomic E-state index is 14.2. The smallest absolute Gasteiger partial charge is 0.409 e. The average molecular weight is 637 g/mol. The molecule has 0 bridgehead atoms. The van der Waals surface area contributed by atoms with Crippen LogP contribution in [-0.4, -0.2) is 96.8 Å². The van der Waals surface area contributed by atoms with Gasteiger partial charge < -0.3 is 36.2 Å². The average Bonchev–Trinajstić information content (AvgIpc) is 3.34. The summed E-state index contributed by atoms with van der Waals surface area (Å²) in [6.07, 6.45) is 3.20. The molecule has 1 aliphatic carbocycles. The molecule has 2 fully saturated rings. The molecule has 0 aromatic carbocycles. The van der Waals surface area contributed by atoms with Crippen LogP contribution < -0.4 is 21.7 Å². The highest BCUT2D eigenvalue weighted by Gasteiger charge is 2.48. The van der Waals surface area contributed by atoms with E-state index in [1.54, 1.807) is 14.1 Å². The Bertz CT molecular complexity index is 1110. The van der Waals surface area contributed by atoms with Crippen LogP contribution in [0.25, 0.3) is 0 Å². The van der Waals surface area contributed by atoms with Crippen LogP contribution in [0.2, 0.25) is 0 Å². The van der Waals surface area contributed by atoms with Crippen molar-refractivity contribution in [3.63, 3.8) is 0 Å². The maximum Gasteiger partial charge on any atom is 0.409 e. The zero-order valence-corrected chi connectivity index (χ0v) is 28.8. The van der Waals surface area contributed by atoms with E-state index in [1.807, 2.05) is 55.4 Å². The van der Waals surface area contributed by atoms with E-state index < -0.39 is 70.6 Å². The zero-order chi connectivity index (χ0) is 34.4. The van der Waals surface area contributed by atoms with Crippen molar-refractivity contribution in [1.82, 2.24) is 25.8 Å². The van der Waals surface area contributed by atoms with Gasteiger partial charge in [0.1, 0.15) is 18.7 Å². The number of urea groups is 1. The summed E-state index contributed by atoms with van der Waals surface area (Å²) in [6, 6.07) is -4.14. The Morgan fingerprint density at radius 3 is 1.96 bits per heavy atom. The third kappa shape index (κ3) is 10.3. The topological polar surface area (TPSA) is 180 Å². The Kier molecular flexibility index (Phi) is 12.8. The van der Waals surface area contributed by atoms with Gasteiger partial charge in [-0.3, -0.25) is 19.2 Å². The molecule has 2 aliphatic rings. The second-order valence-corrected chi connectivity index (χ2v) is 15.3. The molecular formula is C32H56N6O7. The van der Waals surface area contributed by atoms with Gasteiger partial charge in [-0.15, -0.1) is 0 Å². The van der Waals surface area contributed by atoms with Gasteiger partial charge in [0.15, 0.2) is 0 Å². The highest BCUT2D eigenvalue weighted by molar-refractivity contribution is 6.37. The van der Waals surface area contributed by atoms with Crippen LogP contribution in [-0.2, 0) is 23.9 Å². The minimum absolute atomic E-state index is 0.0391. The molecule has 0 spiro atoms. The summed E-state index contributed by atoms with van der Waals surface area (Å²) in [4.78, 5) is 80.8. The Morgan fingerprint density at radius 1 is 0.911 bits per heavy atom. The van der Waals surface area contributed by atoms with Crippen LogP contribution in [0.5, 0.6) is 0 Å². The number of likely N-dealkylation sites (tertiary alicyclic amines) is 1. The summed E-state index contributed by atoms with van der Waals surface area (Å²) in [5.41, 5.74) is 4.10. The van der Waals surface area contributed by atoms with Crippen molar-refractivity contribution in [1.29, 1.82) is 0 Å². The first-order valence-electron chi connectivity index (χ1n) is 16.0. The van der Waals surface area contributed by atoms with Gasteiger partial charge in [0.2, 0.25) is 17.6 Å². The fourth-order valence-corrected chi connectivity index (χ4v) is 5.76. The summed E-state index contributed by atoms with van der Waals surface area (Å²) >= 11 is 0. The lowest BCUT2D eigenvalue weighted by Gasteiger charge is -2.38. The molecular weight excluding hydrogens is 580 g/mol. The second-order valence-electron chi connectivity index (χ2n) is 15.3. The number of nitrogens with one attached hydrogen (secondary N) is 3. The lowest BCUT2D eigenvalue weighted by molar-refractivity contribution is -0.144. The molecule has 45 heavy (non-hydrogen) atoms. The van der Waals surface area contributed by atoms with Crippen molar-refractivity contribution in [2.75, 3.05) is 27.2 Å². The van der Waals surface area contributed by atoms with Gasteiger partial charge in [0.05, 0.1) is 12.1 Å². The summed E-state index contributed by atoms with van der Waals surface area (Å²) in [6.45, 7) is 15.3. The molecule has 5 atom stereocenters. The molecule has 13 nitrogen and oxygen atoms in total. The van der Waals surface area contributed by atoms with Crippen LogP contribution in [0, 0.1) is 28.6 Å². The number of ether oxygens (including phenoxy) is 1. The number of rotatable bonds is 12. The molecule has 0 radical (unpaired) electrons. The minimum atomic E-state index is -1.10. The highest BCUT2D eigenvalue weighted by atomic mass is 16.6. The van der Waals surface area contributed by atoms with E-state index in [0.717, 1.165) is 19.3 Å². The Labute approximate surface area is 268 Å². The number of carbonyl (C=O) groups excluding carboxylic acids is 6. The van der Waals surface area contributed by atoms with Crippen molar-refractivity contribution in [3.05, 3.63) is 0 Å². The summed E-state index contributed by atoms with van der Waals surface area (Å²) in [5, 5.41) is 8.46. The number of hydrogen-bond donors (Lipinski definition) is 4. The molecule has 0 aromatic heterocycles. The first-order valence-corrected chi connectivity index (χ1v) is 16.0. The summed E-state index contributed by atoms with van der Waals surface area (Å²) in [7, 11) is 3.13. The molecule has 0 aromatic rings. The lowest BCUT2D eigenvalue weighted by atomic mass is 9.80. The third-order valence-corrected chi connectivity index (χ3v) is 9.00. The van der Waals surface area contributed by atoms with Crippen molar-refractivity contribution in [3.8, 4) is 0 Å². The standard InChI is InChI=1S/C32H56N6O7/c1-18(2)20-14-15-38(23(20)27(41)34-21(24(39)26(33)40)16-19-12-11-13-19)28(42)25(32(6,7)8)36-29(43)35-22(31(3,4)5)17-45-30(44)37(9)10/h18-23,25H,11-17H2,1-10H3,(H2,33,40)(H,34,41)(H2,35,36,43)/t20-,21?,22-,23+,25-/m1/s1. The number of primary amides is 1. The summed E-state index contributed by atoms with van der Waals surface area (Å²) in [5.74, 6) is -2.83. The highest BCUT2D eigenvalue weighted by Crippen LogP contribution is 2.34. The van der Waals surface area contributed by atoms with Crippen molar-refractivity contribution >= 4 is 35.6 Å². The normalized spacial score (nSPS) is 20.8. The first-order chi connectivity index (χ1) is 20.6. The maximum absolute atomic E-state index is 14.2. The van der Waals surface area contributed by atoms with Gasteiger partial charge in [0, 0.05) is 20.6 Å². The SMILES string of the molecule is CC(C)[C@H]1CCN(C(=O)[C@@H](NC(=O)N[C@H](COC(=O)N(C)C)C(C)(C)C)C(C)(C)C)[C@@H]1C(=O)NC(CC1CCC1)C(=O)C(N)=O. The molecule has 1 saturated carbocycles. The number of Topliss-reactive ketones (excluding diaryl/α,β-unsaturated/α-hetero) is 1. The molecule has 1 saturated heterocycles. The minimum Gasteiger partial charge on any atom is -0.447 e. The predicted octanol–water partition coefficient (Wildman–Crippen LogP) is 2.42. The van der Waals surface area contributed by atoms with E-state index in [2.05, 4.69) is 16.0 Å². The van der Waals surface area contributed by atoms with E-state index in [1.165, 1.54) is 9.80 Å². The largest absolute Gasteiger partial charge is 0.447 e. The number of nitrogens with zero attached hydrogens (tertiary/aromatic N) is 2. The molecule has 2 rings (SSSR count). The van der Waals surface area contributed by atoms with Gasteiger partial charge in [-0.05, 0) is 41.4 Å². The van der Waals surface area contributed by atoms with Crippen LogP contribution >= 0.6 is 0 Å². The number of carbonyl (C=O) groups is 6. The number of nitrogens with two attached hydrogens (primary N) is 1. The van der Waals surface area contributed by atoms with Crippen LogP contribution in [0.15, 0.2) is 0 Å². The van der Waals surface area contributed by atoms with E-state index in [4.69, 9.17) is 10.5 Å². The Balaban J connectivity index is 2.30. The van der Waals surface area contributed by atoms with Gasteiger partial charge in [-0.2, -0.15) is 0 Å². The monoisotopic (exact) mass is 636 g/mol. The number of amides is 6. The predicted molar refractivity (Wildman–Crippen MR) is 170 cm³/mol. The quantitative estimate of drug-likeness (QED) is 0.237. The molecule has 1 heterocycles. The van der Waals surface area contributed by atoms with E-state index >= 15 is 0 Å². The molecule has 1 aliphatic heterocycles. The number of ketones is 1. The second kappa shape index (κ2) is 15.3. The van der Waals surface area contributed by atoms with Crippen molar-refractivity contribution < 1.29 is 33.5 Å². The molecule has 13 heteroatoms. The van der Waals surface area contributed by atoms with E-state index in [0.29, 0.717) is 12.8 Å². The Morgan fingerprint density at radius 2 is 1.51 bits per heavy atom. The molecule has 256 valence electrons. The lowest BCUT2D eigenvalue weighted by Crippen LogP contribution is -2.62. The third-order valence-electron chi connectivity index (χ3n) is 9.00. The van der Waals surface area contributed by atoms with E-state index in [-0.39, 0.29) is 30.9 Å². The van der Waals surface area contributed by atoms with Crippen LogP contribution in [0.1, 0.15) is 87.5 Å². The van der Waals surface area contributed by atoms with Gasteiger partial charge in [-0.25, -0.2) is 9.59 Å². The number of hydrogen-bond acceptors (Lipinski definition) is 7.